The fourth-order valence-electron chi connectivity index (χ4n) is 3.05. The Bertz CT molecular complexity index is 367. The first-order chi connectivity index (χ1) is 8.65. The molecule has 5 nitrogen and oxygen atoms in total. The number of nitrogens with zero attached hydrogens (tertiary/aromatic N) is 2. The molecule has 0 aromatic rings. The molecule has 0 aromatic heterocycles. The number of rotatable bonds is 2. The minimum atomic E-state index is -0.390. The number of aliphatic hydroxyl groups excluding tert-OH is 1. The van der Waals surface area contributed by atoms with Crippen LogP contribution in [-0.4, -0.2) is 58.5 Å². The van der Waals surface area contributed by atoms with Crippen molar-refractivity contribution < 1.29 is 14.7 Å². The van der Waals surface area contributed by atoms with Crippen molar-refractivity contribution in [2.75, 3.05) is 19.6 Å². The molecule has 0 aromatic carbocycles. The molecular formula is C13H20N2O3. The van der Waals surface area contributed by atoms with Crippen LogP contribution in [0.2, 0.25) is 0 Å². The zero-order chi connectivity index (χ0) is 12.7. The summed E-state index contributed by atoms with van der Waals surface area (Å²) in [5.41, 5.74) is 0. The average Bonchev–Trinajstić information content (AvgIpc) is 3.12. The quantitative estimate of drug-likeness (QED) is 0.751. The first-order valence-electron chi connectivity index (χ1n) is 6.91. The number of aliphatic hydroxyl groups is 1. The van der Waals surface area contributed by atoms with Gasteiger partial charge in [-0.1, -0.05) is 0 Å². The molecule has 2 heterocycles. The molecule has 0 spiro atoms. The summed E-state index contributed by atoms with van der Waals surface area (Å²) in [7, 11) is 0. The fraction of sp³-hybridized carbons (Fsp3) is 0.846. The van der Waals surface area contributed by atoms with Crippen molar-refractivity contribution in [3.05, 3.63) is 0 Å². The third kappa shape index (κ3) is 2.23. The van der Waals surface area contributed by atoms with E-state index in [1.807, 2.05) is 4.90 Å². The summed E-state index contributed by atoms with van der Waals surface area (Å²) in [5, 5.41) is 9.60. The smallest absolute Gasteiger partial charge is 0.228 e. The Morgan fingerprint density at radius 1 is 1.22 bits per heavy atom. The average molecular weight is 252 g/mol. The van der Waals surface area contributed by atoms with Gasteiger partial charge in [0, 0.05) is 32.1 Å². The number of carbonyl (C=O) groups is 2. The minimum absolute atomic E-state index is 0.0604. The molecule has 0 radical (unpaired) electrons. The molecule has 3 aliphatic rings. The zero-order valence-corrected chi connectivity index (χ0v) is 10.5. The predicted molar refractivity (Wildman–Crippen MR) is 64.7 cm³/mol. The molecule has 1 aliphatic carbocycles. The summed E-state index contributed by atoms with van der Waals surface area (Å²) in [6.07, 6.45) is 3.80. The SMILES string of the molecule is O=C(C1CC(=O)N(C2CC2)C1)N1CCC[C@H](O)C1. The van der Waals surface area contributed by atoms with Crippen molar-refractivity contribution in [3.63, 3.8) is 0 Å². The van der Waals surface area contributed by atoms with E-state index in [1.165, 1.54) is 0 Å². The molecule has 1 saturated carbocycles. The predicted octanol–water partition coefficient (Wildman–Crippen LogP) is -0.0194. The van der Waals surface area contributed by atoms with Gasteiger partial charge in [-0.15, -0.1) is 0 Å². The van der Waals surface area contributed by atoms with Crippen LogP contribution in [0.1, 0.15) is 32.1 Å². The highest BCUT2D eigenvalue weighted by molar-refractivity contribution is 5.89. The Morgan fingerprint density at radius 2 is 2.00 bits per heavy atom. The molecule has 100 valence electrons. The van der Waals surface area contributed by atoms with E-state index in [9.17, 15) is 14.7 Å². The topological polar surface area (TPSA) is 60.9 Å². The molecule has 2 aliphatic heterocycles. The van der Waals surface area contributed by atoms with Crippen molar-refractivity contribution in [1.82, 2.24) is 9.80 Å². The van der Waals surface area contributed by atoms with Gasteiger partial charge in [-0.3, -0.25) is 9.59 Å². The minimum Gasteiger partial charge on any atom is -0.391 e. The van der Waals surface area contributed by atoms with Crippen LogP contribution in [0.15, 0.2) is 0 Å². The van der Waals surface area contributed by atoms with E-state index in [4.69, 9.17) is 0 Å². The van der Waals surface area contributed by atoms with Crippen LogP contribution in [-0.2, 0) is 9.59 Å². The molecule has 3 fully saturated rings. The number of hydrogen-bond acceptors (Lipinski definition) is 3. The molecule has 18 heavy (non-hydrogen) atoms. The van der Waals surface area contributed by atoms with Gasteiger partial charge >= 0.3 is 0 Å². The molecule has 2 saturated heterocycles. The number of carbonyl (C=O) groups excluding carboxylic acids is 2. The second-order valence-corrected chi connectivity index (χ2v) is 5.76. The molecule has 3 rings (SSSR count). The summed E-state index contributed by atoms with van der Waals surface area (Å²) in [6, 6.07) is 0.405. The Hall–Kier alpha value is -1.10. The molecule has 2 atom stereocenters. The van der Waals surface area contributed by atoms with E-state index in [-0.39, 0.29) is 23.8 Å². The Balaban J connectivity index is 1.61. The van der Waals surface area contributed by atoms with Crippen LogP contribution in [0, 0.1) is 5.92 Å². The normalized spacial score (nSPS) is 33.1. The summed E-state index contributed by atoms with van der Waals surface area (Å²) in [6.45, 7) is 1.76. The van der Waals surface area contributed by atoms with Gasteiger partial charge < -0.3 is 14.9 Å². The summed E-state index contributed by atoms with van der Waals surface area (Å²) >= 11 is 0. The molecule has 2 amide bonds. The highest BCUT2D eigenvalue weighted by Crippen LogP contribution is 2.33. The summed E-state index contributed by atoms with van der Waals surface area (Å²) in [5.74, 6) is 0.0158. The maximum atomic E-state index is 12.3. The van der Waals surface area contributed by atoms with E-state index in [0.29, 0.717) is 25.6 Å². The maximum Gasteiger partial charge on any atom is 0.228 e. The lowest BCUT2D eigenvalue weighted by Gasteiger charge is -2.31. The molecule has 1 N–H and O–H groups in total. The molecule has 1 unspecified atom stereocenters. The van der Waals surface area contributed by atoms with Crippen LogP contribution in [0.3, 0.4) is 0 Å². The van der Waals surface area contributed by atoms with Crippen molar-refractivity contribution in [2.45, 2.75) is 44.2 Å². The third-order valence-electron chi connectivity index (χ3n) is 4.20. The van der Waals surface area contributed by atoms with E-state index in [0.717, 1.165) is 32.2 Å². The van der Waals surface area contributed by atoms with E-state index < -0.39 is 0 Å². The van der Waals surface area contributed by atoms with Crippen molar-refractivity contribution >= 4 is 11.8 Å². The molecular weight excluding hydrogens is 232 g/mol. The van der Waals surface area contributed by atoms with E-state index in [2.05, 4.69) is 0 Å². The second-order valence-electron chi connectivity index (χ2n) is 5.76. The number of piperidine rings is 1. The van der Waals surface area contributed by atoms with Crippen LogP contribution in [0.25, 0.3) is 0 Å². The first kappa shape index (κ1) is 12.0. The van der Waals surface area contributed by atoms with Crippen LogP contribution >= 0.6 is 0 Å². The summed E-state index contributed by atoms with van der Waals surface area (Å²) < 4.78 is 0. The van der Waals surface area contributed by atoms with E-state index in [1.54, 1.807) is 4.90 Å². The Labute approximate surface area is 107 Å². The van der Waals surface area contributed by atoms with Crippen LogP contribution in [0.5, 0.6) is 0 Å². The second kappa shape index (κ2) is 4.53. The van der Waals surface area contributed by atoms with Gasteiger partial charge in [0.2, 0.25) is 11.8 Å². The standard InChI is InChI=1S/C13H20N2O3/c16-11-2-1-5-14(8-11)13(18)9-6-12(17)15(7-9)10-3-4-10/h9-11,16H,1-8H2/t9?,11-/m0/s1. The first-order valence-corrected chi connectivity index (χ1v) is 6.91. The number of likely N-dealkylation sites (tertiary alicyclic amines) is 2. The van der Waals surface area contributed by atoms with Gasteiger partial charge in [0.1, 0.15) is 0 Å². The Kier molecular flexibility index (Phi) is 3.01. The lowest BCUT2D eigenvalue weighted by molar-refractivity contribution is -0.138. The van der Waals surface area contributed by atoms with Gasteiger partial charge in [-0.25, -0.2) is 0 Å². The lowest BCUT2D eigenvalue weighted by atomic mass is 10.0. The number of amides is 2. The summed E-state index contributed by atoms with van der Waals surface area (Å²) in [4.78, 5) is 27.8. The molecule has 0 bridgehead atoms. The Morgan fingerprint density at radius 3 is 2.67 bits per heavy atom. The number of hydrogen-bond donors (Lipinski definition) is 1. The van der Waals surface area contributed by atoms with Gasteiger partial charge in [0.05, 0.1) is 12.0 Å². The molecule has 5 heteroatoms. The maximum absolute atomic E-state index is 12.3. The lowest BCUT2D eigenvalue weighted by Crippen LogP contribution is -2.45. The monoisotopic (exact) mass is 252 g/mol. The zero-order valence-electron chi connectivity index (χ0n) is 10.5. The third-order valence-corrected chi connectivity index (χ3v) is 4.20. The van der Waals surface area contributed by atoms with Gasteiger partial charge in [0.15, 0.2) is 0 Å². The van der Waals surface area contributed by atoms with Crippen LogP contribution < -0.4 is 0 Å². The van der Waals surface area contributed by atoms with Gasteiger partial charge in [0.25, 0.3) is 0 Å². The fourth-order valence-corrected chi connectivity index (χ4v) is 3.05. The highest BCUT2D eigenvalue weighted by Gasteiger charge is 2.43. The highest BCUT2D eigenvalue weighted by atomic mass is 16.3. The van der Waals surface area contributed by atoms with Gasteiger partial charge in [-0.05, 0) is 25.7 Å². The van der Waals surface area contributed by atoms with Crippen molar-refractivity contribution in [2.24, 2.45) is 5.92 Å². The number of β-amino-alcohol motifs (C(OH)–C–C–N with tert-alkyl or cyclic N) is 1. The van der Waals surface area contributed by atoms with Gasteiger partial charge in [-0.2, -0.15) is 0 Å². The van der Waals surface area contributed by atoms with Crippen molar-refractivity contribution in [1.29, 1.82) is 0 Å². The van der Waals surface area contributed by atoms with E-state index >= 15 is 0 Å². The largest absolute Gasteiger partial charge is 0.391 e. The van der Waals surface area contributed by atoms with Crippen molar-refractivity contribution in [3.8, 4) is 0 Å². The van der Waals surface area contributed by atoms with Crippen LogP contribution in [0.4, 0.5) is 0 Å².